The Bertz CT molecular complexity index is 880. The van der Waals surface area contributed by atoms with E-state index in [0.29, 0.717) is 21.5 Å². The second kappa shape index (κ2) is 5.14. The summed E-state index contributed by atoms with van der Waals surface area (Å²) < 4.78 is 14.0. The number of nitrogens with one attached hydrogen (secondary N) is 3. The van der Waals surface area contributed by atoms with E-state index in [9.17, 15) is 9.18 Å². The molecule has 1 heterocycles. The Labute approximate surface area is 125 Å². The summed E-state index contributed by atoms with van der Waals surface area (Å²) in [5.74, 6) is -0.893. The molecule has 0 aliphatic carbocycles. The Morgan fingerprint density at radius 3 is 2.62 bits per heavy atom. The molecule has 0 atom stereocenters. The fourth-order valence-electron chi connectivity index (χ4n) is 2.12. The molecule has 21 heavy (non-hydrogen) atoms. The van der Waals surface area contributed by atoms with E-state index in [-0.39, 0.29) is 5.56 Å². The van der Waals surface area contributed by atoms with Crippen molar-refractivity contribution in [1.82, 2.24) is 9.97 Å². The van der Waals surface area contributed by atoms with Gasteiger partial charge in [-0.3, -0.25) is 4.79 Å². The van der Waals surface area contributed by atoms with Crippen LogP contribution < -0.4 is 5.32 Å². The van der Waals surface area contributed by atoms with E-state index in [2.05, 4.69) is 15.3 Å². The number of carbonyl (C=O) groups is 1. The van der Waals surface area contributed by atoms with Gasteiger partial charge in [-0.2, -0.15) is 0 Å². The van der Waals surface area contributed by atoms with Crippen LogP contribution in [0.1, 0.15) is 15.9 Å². The van der Waals surface area contributed by atoms with Crippen LogP contribution in [0.3, 0.4) is 0 Å². The number of anilines is 1. The van der Waals surface area contributed by atoms with Crippen LogP contribution in [0, 0.1) is 17.5 Å². The molecule has 1 amide bonds. The highest BCUT2D eigenvalue weighted by Gasteiger charge is 2.14. The summed E-state index contributed by atoms with van der Waals surface area (Å²) in [6.07, 6.45) is 0. The first-order valence-corrected chi connectivity index (χ1v) is 6.73. The van der Waals surface area contributed by atoms with E-state index >= 15 is 0 Å². The third kappa shape index (κ3) is 2.71. The molecule has 4 nitrogen and oxygen atoms in total. The monoisotopic (exact) mass is 301 g/mol. The first kappa shape index (κ1) is 13.5. The summed E-state index contributed by atoms with van der Waals surface area (Å²) in [6, 6.07) is 9.85. The quantitative estimate of drug-likeness (QED) is 0.628. The fourth-order valence-corrected chi connectivity index (χ4v) is 2.33. The van der Waals surface area contributed by atoms with Gasteiger partial charge in [0, 0.05) is 5.69 Å². The predicted molar refractivity (Wildman–Crippen MR) is 82.6 cm³/mol. The Hall–Kier alpha value is -2.47. The lowest BCUT2D eigenvalue weighted by molar-refractivity contribution is 0.102. The number of hydrogen-bond acceptors (Lipinski definition) is 2. The van der Waals surface area contributed by atoms with Crippen molar-refractivity contribution in [2.75, 3.05) is 5.32 Å². The zero-order valence-corrected chi connectivity index (χ0v) is 12.0. The molecule has 1 aromatic heterocycles. The van der Waals surface area contributed by atoms with Gasteiger partial charge in [-0.25, -0.2) is 4.39 Å². The SMILES string of the molecule is Cc1ccc(NC(=O)c2cc(F)cc3[nH]c(=S)[nH]c23)cc1. The number of benzene rings is 2. The van der Waals surface area contributed by atoms with Crippen molar-refractivity contribution in [2.45, 2.75) is 6.92 Å². The van der Waals surface area contributed by atoms with Crippen LogP contribution in [-0.2, 0) is 0 Å². The van der Waals surface area contributed by atoms with Crippen molar-refractivity contribution in [2.24, 2.45) is 0 Å². The summed E-state index contributed by atoms with van der Waals surface area (Å²) in [5, 5.41) is 2.74. The average molecular weight is 301 g/mol. The van der Waals surface area contributed by atoms with E-state index in [1.165, 1.54) is 12.1 Å². The van der Waals surface area contributed by atoms with Gasteiger partial charge in [0.05, 0.1) is 16.6 Å². The predicted octanol–water partition coefficient (Wildman–Crippen LogP) is 3.93. The van der Waals surface area contributed by atoms with E-state index in [4.69, 9.17) is 12.2 Å². The molecule has 0 radical (unpaired) electrons. The molecule has 0 spiro atoms. The highest BCUT2D eigenvalue weighted by Crippen LogP contribution is 2.19. The zero-order valence-electron chi connectivity index (χ0n) is 11.2. The van der Waals surface area contributed by atoms with Gasteiger partial charge >= 0.3 is 0 Å². The summed E-state index contributed by atoms with van der Waals surface area (Å²) in [4.78, 5) is 18.0. The Balaban J connectivity index is 2.01. The van der Waals surface area contributed by atoms with Crippen LogP contribution in [0.25, 0.3) is 11.0 Å². The number of aromatic nitrogens is 2. The highest BCUT2D eigenvalue weighted by atomic mass is 32.1. The molecule has 3 rings (SSSR count). The van der Waals surface area contributed by atoms with Gasteiger partial charge in [0.2, 0.25) is 0 Å². The first-order valence-electron chi connectivity index (χ1n) is 6.32. The van der Waals surface area contributed by atoms with Crippen molar-refractivity contribution in [1.29, 1.82) is 0 Å². The van der Waals surface area contributed by atoms with Crippen LogP contribution in [0.15, 0.2) is 36.4 Å². The lowest BCUT2D eigenvalue weighted by Gasteiger charge is -2.06. The number of halogens is 1. The summed E-state index contributed by atoms with van der Waals surface area (Å²) in [5.41, 5.74) is 2.91. The van der Waals surface area contributed by atoms with E-state index in [0.717, 1.165) is 5.56 Å². The molecule has 106 valence electrons. The van der Waals surface area contributed by atoms with Crippen molar-refractivity contribution in [3.05, 3.63) is 58.1 Å². The molecule has 6 heteroatoms. The van der Waals surface area contributed by atoms with Gasteiger partial charge in [0.1, 0.15) is 5.82 Å². The van der Waals surface area contributed by atoms with Gasteiger partial charge in [-0.1, -0.05) is 17.7 Å². The molecular weight excluding hydrogens is 289 g/mol. The molecule has 3 N–H and O–H groups in total. The minimum absolute atomic E-state index is 0.206. The standard InChI is InChI=1S/C15H12FN3OS/c1-8-2-4-10(5-3-8)17-14(20)11-6-9(16)7-12-13(11)19-15(21)18-12/h2-7H,1H3,(H,17,20)(H2,18,19,21). The fraction of sp³-hybridized carbons (Fsp3) is 0.0667. The molecule has 0 saturated carbocycles. The van der Waals surface area contributed by atoms with E-state index in [1.54, 1.807) is 12.1 Å². The number of fused-ring (bicyclic) bond motifs is 1. The number of aryl methyl sites for hydroxylation is 1. The Kier molecular flexibility index (Phi) is 3.31. The molecule has 0 bridgehead atoms. The summed E-state index contributed by atoms with van der Waals surface area (Å²) in [6.45, 7) is 1.96. The van der Waals surface area contributed by atoms with Crippen LogP contribution >= 0.6 is 12.2 Å². The first-order chi connectivity index (χ1) is 10.0. The molecule has 2 aromatic carbocycles. The minimum Gasteiger partial charge on any atom is -0.331 e. The number of amides is 1. The third-order valence-electron chi connectivity index (χ3n) is 3.14. The molecule has 0 fully saturated rings. The molecule has 3 aromatic rings. The smallest absolute Gasteiger partial charge is 0.257 e. The Morgan fingerprint density at radius 2 is 1.90 bits per heavy atom. The number of imidazole rings is 1. The average Bonchev–Trinajstić information content (AvgIpc) is 2.80. The van der Waals surface area contributed by atoms with E-state index in [1.807, 2.05) is 19.1 Å². The summed E-state index contributed by atoms with van der Waals surface area (Å²) >= 11 is 4.98. The second-order valence-electron chi connectivity index (χ2n) is 4.78. The lowest BCUT2D eigenvalue weighted by Crippen LogP contribution is -2.12. The van der Waals surface area contributed by atoms with Crippen molar-refractivity contribution in [3.8, 4) is 0 Å². The van der Waals surface area contributed by atoms with Gasteiger partial charge in [0.25, 0.3) is 5.91 Å². The largest absolute Gasteiger partial charge is 0.331 e. The van der Waals surface area contributed by atoms with Gasteiger partial charge in [-0.05, 0) is 43.4 Å². The number of H-pyrrole nitrogens is 2. The van der Waals surface area contributed by atoms with Crippen molar-refractivity contribution in [3.63, 3.8) is 0 Å². The number of carbonyl (C=O) groups excluding carboxylic acids is 1. The number of hydrogen-bond donors (Lipinski definition) is 3. The minimum atomic E-state index is -0.498. The maximum Gasteiger partial charge on any atom is 0.257 e. The maximum absolute atomic E-state index is 13.6. The zero-order chi connectivity index (χ0) is 15.0. The van der Waals surface area contributed by atoms with Crippen LogP contribution in [0.2, 0.25) is 0 Å². The van der Waals surface area contributed by atoms with Gasteiger partial charge in [0.15, 0.2) is 4.77 Å². The molecule has 0 aliphatic rings. The van der Waals surface area contributed by atoms with Crippen molar-refractivity contribution >= 4 is 34.8 Å². The normalized spacial score (nSPS) is 10.8. The van der Waals surface area contributed by atoms with E-state index < -0.39 is 11.7 Å². The molecule has 0 saturated heterocycles. The third-order valence-corrected chi connectivity index (χ3v) is 3.35. The number of aromatic amines is 2. The van der Waals surface area contributed by atoms with Crippen LogP contribution in [0.5, 0.6) is 0 Å². The number of rotatable bonds is 2. The second-order valence-corrected chi connectivity index (χ2v) is 5.18. The topological polar surface area (TPSA) is 60.7 Å². The molecular formula is C15H12FN3OS. The maximum atomic E-state index is 13.6. The Morgan fingerprint density at radius 1 is 1.19 bits per heavy atom. The molecule has 0 aliphatic heterocycles. The summed E-state index contributed by atoms with van der Waals surface area (Å²) in [7, 11) is 0. The van der Waals surface area contributed by atoms with Crippen molar-refractivity contribution < 1.29 is 9.18 Å². The molecule has 0 unspecified atom stereocenters. The van der Waals surface area contributed by atoms with Crippen LogP contribution in [0.4, 0.5) is 10.1 Å². The van der Waals surface area contributed by atoms with Crippen LogP contribution in [-0.4, -0.2) is 15.9 Å². The lowest BCUT2D eigenvalue weighted by atomic mass is 10.1. The van der Waals surface area contributed by atoms with Gasteiger partial charge in [-0.15, -0.1) is 0 Å². The van der Waals surface area contributed by atoms with Gasteiger partial charge < -0.3 is 15.3 Å². The highest BCUT2D eigenvalue weighted by molar-refractivity contribution is 7.71.